The van der Waals surface area contributed by atoms with Crippen LogP contribution in [0.4, 0.5) is 0 Å². The van der Waals surface area contributed by atoms with Crippen LogP contribution in [0.3, 0.4) is 0 Å². The molecule has 0 fully saturated rings. The van der Waals surface area contributed by atoms with E-state index in [0.29, 0.717) is 5.01 Å². The van der Waals surface area contributed by atoms with Gasteiger partial charge in [0.25, 0.3) is 0 Å². The zero-order valence-electron chi connectivity index (χ0n) is 8.74. The lowest BCUT2D eigenvalue weighted by Gasteiger charge is -1.99. The molecule has 0 atom stereocenters. The van der Waals surface area contributed by atoms with Gasteiger partial charge < -0.3 is 5.73 Å². The maximum absolute atomic E-state index is 12.1. The van der Waals surface area contributed by atoms with Gasteiger partial charge in [-0.25, -0.2) is 13.4 Å². The van der Waals surface area contributed by atoms with Crippen molar-refractivity contribution in [2.24, 2.45) is 5.73 Å². The normalized spacial score (nSPS) is 10.9. The summed E-state index contributed by atoms with van der Waals surface area (Å²) in [5.74, 6) is 0. The Morgan fingerprint density at radius 2 is 1.88 bits per heavy atom. The summed E-state index contributed by atoms with van der Waals surface area (Å²) >= 11 is 1.11. The summed E-state index contributed by atoms with van der Waals surface area (Å²) in [6, 6.07) is 8.29. The van der Waals surface area contributed by atoms with Crippen LogP contribution >= 0.6 is 23.7 Å². The Balaban J connectivity index is 0.00000144. The van der Waals surface area contributed by atoms with Crippen LogP contribution in [0, 0.1) is 0 Å². The number of thiazole rings is 1. The summed E-state index contributed by atoms with van der Waals surface area (Å²) in [6.45, 7) is 0.259. The van der Waals surface area contributed by atoms with E-state index in [1.165, 1.54) is 6.20 Å². The second-order valence-corrected chi connectivity index (χ2v) is 6.39. The lowest BCUT2D eigenvalue weighted by Crippen LogP contribution is -1.98. The average Bonchev–Trinajstić information content (AvgIpc) is 2.79. The Hall–Kier alpha value is -0.950. The number of hydrogen-bond acceptors (Lipinski definition) is 5. The number of benzene rings is 1. The van der Waals surface area contributed by atoms with Crippen molar-refractivity contribution in [1.82, 2.24) is 4.98 Å². The monoisotopic (exact) mass is 290 g/mol. The van der Waals surface area contributed by atoms with Gasteiger partial charge in [0.15, 0.2) is 0 Å². The summed E-state index contributed by atoms with van der Waals surface area (Å²) in [7, 11) is -3.43. The predicted octanol–water partition coefficient (Wildman–Crippen LogP) is 1.86. The molecule has 0 aliphatic heterocycles. The third-order valence-electron chi connectivity index (χ3n) is 2.03. The van der Waals surface area contributed by atoms with Crippen molar-refractivity contribution in [3.63, 3.8) is 0 Å². The molecule has 0 amide bonds. The Bertz CT molecular complexity index is 581. The highest BCUT2D eigenvalue weighted by Crippen LogP contribution is 2.25. The van der Waals surface area contributed by atoms with E-state index < -0.39 is 9.84 Å². The molecule has 0 bridgehead atoms. The molecule has 17 heavy (non-hydrogen) atoms. The van der Waals surface area contributed by atoms with Gasteiger partial charge in [-0.2, -0.15) is 0 Å². The summed E-state index contributed by atoms with van der Waals surface area (Å²) in [5.41, 5.74) is 5.40. The van der Waals surface area contributed by atoms with E-state index in [0.717, 1.165) is 11.3 Å². The van der Waals surface area contributed by atoms with E-state index in [1.54, 1.807) is 30.3 Å². The molecule has 1 aromatic carbocycles. The van der Waals surface area contributed by atoms with Crippen LogP contribution in [0.25, 0.3) is 0 Å². The van der Waals surface area contributed by atoms with E-state index in [1.807, 2.05) is 0 Å². The Kier molecular flexibility index (Phi) is 4.64. The summed E-state index contributed by atoms with van der Waals surface area (Å²) < 4.78 is 24.4. The first-order valence-corrected chi connectivity index (χ1v) is 6.89. The molecular formula is C10H11ClN2O2S2. The maximum atomic E-state index is 12.1. The summed E-state index contributed by atoms with van der Waals surface area (Å²) in [6.07, 6.45) is 1.36. The van der Waals surface area contributed by atoms with Crippen molar-refractivity contribution in [1.29, 1.82) is 0 Å². The summed E-state index contributed by atoms with van der Waals surface area (Å²) in [5, 5.41) is 0.620. The Morgan fingerprint density at radius 1 is 1.24 bits per heavy atom. The van der Waals surface area contributed by atoms with Crippen molar-refractivity contribution in [2.75, 3.05) is 0 Å². The highest BCUT2D eigenvalue weighted by Gasteiger charge is 2.19. The fourth-order valence-electron chi connectivity index (χ4n) is 1.23. The molecule has 2 aromatic rings. The fraction of sp³-hybridized carbons (Fsp3) is 0.100. The Labute approximate surface area is 110 Å². The molecule has 1 heterocycles. The molecule has 1 aromatic heterocycles. The fourth-order valence-corrected chi connectivity index (χ4v) is 3.71. The van der Waals surface area contributed by atoms with Crippen LogP contribution in [0.2, 0.25) is 0 Å². The highest BCUT2D eigenvalue weighted by atomic mass is 35.5. The number of nitrogens with zero attached hydrogens (tertiary/aromatic N) is 1. The first-order chi connectivity index (χ1) is 7.64. The van der Waals surface area contributed by atoms with Crippen molar-refractivity contribution in [3.8, 4) is 0 Å². The van der Waals surface area contributed by atoms with Gasteiger partial charge in [-0.15, -0.1) is 23.7 Å². The second kappa shape index (κ2) is 5.59. The predicted molar refractivity (Wildman–Crippen MR) is 69.1 cm³/mol. The zero-order valence-corrected chi connectivity index (χ0v) is 11.2. The highest BCUT2D eigenvalue weighted by molar-refractivity contribution is 7.93. The third-order valence-corrected chi connectivity index (χ3v) is 5.28. The number of aromatic nitrogens is 1. The number of rotatable bonds is 3. The molecule has 7 heteroatoms. The van der Waals surface area contributed by atoms with E-state index in [-0.39, 0.29) is 28.1 Å². The average molecular weight is 291 g/mol. The van der Waals surface area contributed by atoms with Crippen molar-refractivity contribution >= 4 is 33.6 Å². The first-order valence-electron chi connectivity index (χ1n) is 4.59. The minimum atomic E-state index is -3.43. The Morgan fingerprint density at radius 3 is 2.41 bits per heavy atom. The van der Waals surface area contributed by atoms with Gasteiger partial charge in [0.2, 0.25) is 9.84 Å². The van der Waals surface area contributed by atoms with E-state index in [2.05, 4.69) is 4.98 Å². The molecule has 0 aliphatic carbocycles. The van der Waals surface area contributed by atoms with Crippen LogP contribution in [0.5, 0.6) is 0 Å². The van der Waals surface area contributed by atoms with Crippen LogP contribution < -0.4 is 5.73 Å². The summed E-state index contributed by atoms with van der Waals surface area (Å²) in [4.78, 5) is 4.22. The molecule has 2 rings (SSSR count). The quantitative estimate of drug-likeness (QED) is 0.936. The van der Waals surface area contributed by atoms with Crippen molar-refractivity contribution in [2.45, 2.75) is 15.6 Å². The van der Waals surface area contributed by atoms with Gasteiger partial charge in [0.05, 0.1) is 11.1 Å². The van der Waals surface area contributed by atoms with Gasteiger partial charge in [-0.1, -0.05) is 18.2 Å². The van der Waals surface area contributed by atoms with Gasteiger partial charge in [0, 0.05) is 6.54 Å². The lowest BCUT2D eigenvalue weighted by molar-refractivity contribution is 0.598. The SMILES string of the molecule is Cl.NCc1ncc(S(=O)(=O)c2ccccc2)s1. The molecule has 0 aliphatic rings. The largest absolute Gasteiger partial charge is 0.325 e. The number of halogens is 1. The van der Waals surface area contributed by atoms with Crippen LogP contribution in [0.1, 0.15) is 5.01 Å². The van der Waals surface area contributed by atoms with Gasteiger partial charge in [0.1, 0.15) is 9.22 Å². The van der Waals surface area contributed by atoms with E-state index in [9.17, 15) is 8.42 Å². The smallest absolute Gasteiger partial charge is 0.217 e. The van der Waals surface area contributed by atoms with Crippen LogP contribution in [0.15, 0.2) is 45.6 Å². The molecule has 0 spiro atoms. The molecule has 0 unspecified atom stereocenters. The topological polar surface area (TPSA) is 73.0 Å². The third kappa shape index (κ3) is 2.84. The lowest BCUT2D eigenvalue weighted by atomic mass is 10.4. The molecule has 2 N–H and O–H groups in total. The molecule has 4 nitrogen and oxygen atoms in total. The first kappa shape index (κ1) is 14.1. The zero-order chi connectivity index (χ0) is 11.6. The van der Waals surface area contributed by atoms with Gasteiger partial charge in [-0.3, -0.25) is 0 Å². The van der Waals surface area contributed by atoms with Crippen molar-refractivity contribution in [3.05, 3.63) is 41.5 Å². The second-order valence-electron chi connectivity index (χ2n) is 3.09. The number of sulfone groups is 1. The van der Waals surface area contributed by atoms with Gasteiger partial charge >= 0.3 is 0 Å². The molecule has 0 radical (unpaired) electrons. The molecule has 0 saturated heterocycles. The molecule has 0 saturated carbocycles. The minimum Gasteiger partial charge on any atom is -0.325 e. The van der Waals surface area contributed by atoms with Crippen molar-refractivity contribution < 1.29 is 8.42 Å². The molecule has 92 valence electrons. The maximum Gasteiger partial charge on any atom is 0.217 e. The standard InChI is InChI=1S/C10H10N2O2S2.ClH/c11-6-9-12-7-10(15-9)16(13,14)8-4-2-1-3-5-8;/h1-5,7H,6,11H2;1H. The number of nitrogens with two attached hydrogens (primary N) is 1. The van der Waals surface area contributed by atoms with E-state index >= 15 is 0 Å². The van der Waals surface area contributed by atoms with E-state index in [4.69, 9.17) is 5.73 Å². The molecular weight excluding hydrogens is 280 g/mol. The van der Waals surface area contributed by atoms with Gasteiger partial charge in [-0.05, 0) is 12.1 Å². The number of hydrogen-bond donors (Lipinski definition) is 1. The van der Waals surface area contributed by atoms with Crippen LogP contribution in [-0.4, -0.2) is 13.4 Å². The van der Waals surface area contributed by atoms with Crippen LogP contribution in [-0.2, 0) is 16.4 Å². The minimum absolute atomic E-state index is 0.